The molecule has 0 radical (unpaired) electrons. The summed E-state index contributed by atoms with van der Waals surface area (Å²) in [7, 11) is 0. The molecule has 2 aromatic carbocycles. The summed E-state index contributed by atoms with van der Waals surface area (Å²) in [4.78, 5) is 0. The lowest BCUT2D eigenvalue weighted by molar-refractivity contribution is 1.14. The topological polar surface area (TPSA) is 12.0 Å². The second-order valence-corrected chi connectivity index (χ2v) is 6.70. The minimum Gasteiger partial charge on any atom is -0.381 e. The van der Waals surface area contributed by atoms with Gasteiger partial charge in [-0.15, -0.1) is 0 Å². The summed E-state index contributed by atoms with van der Waals surface area (Å²) in [5, 5.41) is 4.04. The molecule has 1 N–H and O–H groups in total. The monoisotopic (exact) mass is 451 g/mol. The van der Waals surface area contributed by atoms with Crippen LogP contribution in [0.1, 0.15) is 5.56 Å². The second-order valence-electron chi connectivity index (χ2n) is 3.73. The Balaban J connectivity index is 2.06. The quantitative estimate of drug-likeness (QED) is 0.579. The number of halogens is 4. The van der Waals surface area contributed by atoms with E-state index in [2.05, 4.69) is 65.2 Å². The van der Waals surface area contributed by atoms with E-state index in [0.717, 1.165) is 25.7 Å². The van der Waals surface area contributed by atoms with Gasteiger partial charge in [-0.05, 0) is 83.7 Å². The molecular formula is C13H9Br3ClN. The lowest BCUT2D eigenvalue weighted by Crippen LogP contribution is -1.99. The van der Waals surface area contributed by atoms with Crippen molar-refractivity contribution < 1.29 is 0 Å². The Morgan fingerprint density at radius 2 is 1.61 bits per heavy atom. The normalized spacial score (nSPS) is 10.4. The lowest BCUT2D eigenvalue weighted by Gasteiger charge is -2.08. The van der Waals surface area contributed by atoms with Crippen molar-refractivity contribution in [1.29, 1.82) is 0 Å². The Labute approximate surface area is 136 Å². The maximum Gasteiger partial charge on any atom is 0.0568 e. The van der Waals surface area contributed by atoms with Gasteiger partial charge in [0.25, 0.3) is 0 Å². The molecule has 2 aromatic rings. The fraction of sp³-hybridized carbons (Fsp3) is 0.0769. The zero-order chi connectivity index (χ0) is 13.1. The maximum atomic E-state index is 6.04. The molecule has 0 unspecified atom stereocenters. The van der Waals surface area contributed by atoms with Crippen molar-refractivity contribution in [1.82, 2.24) is 0 Å². The number of benzene rings is 2. The van der Waals surface area contributed by atoms with Crippen LogP contribution in [0.2, 0.25) is 5.02 Å². The van der Waals surface area contributed by atoms with Gasteiger partial charge in [0.05, 0.1) is 5.02 Å². The number of rotatable bonds is 3. The highest BCUT2D eigenvalue weighted by molar-refractivity contribution is 9.13. The second kappa shape index (κ2) is 6.42. The van der Waals surface area contributed by atoms with Crippen molar-refractivity contribution in [3.05, 3.63) is 60.4 Å². The third-order valence-electron chi connectivity index (χ3n) is 2.40. The molecule has 94 valence electrons. The Morgan fingerprint density at radius 1 is 0.889 bits per heavy atom. The van der Waals surface area contributed by atoms with E-state index >= 15 is 0 Å². The molecule has 1 nitrogen and oxygen atoms in total. The molecule has 0 spiro atoms. The van der Waals surface area contributed by atoms with Gasteiger partial charge in [0.15, 0.2) is 0 Å². The zero-order valence-corrected chi connectivity index (χ0v) is 14.7. The third-order valence-corrected chi connectivity index (χ3v) is 5.51. The van der Waals surface area contributed by atoms with Gasteiger partial charge in [-0.25, -0.2) is 0 Å². The van der Waals surface area contributed by atoms with Crippen LogP contribution in [-0.2, 0) is 6.54 Å². The minimum atomic E-state index is 0.706. The third kappa shape index (κ3) is 3.73. The maximum absolute atomic E-state index is 6.04. The summed E-state index contributed by atoms with van der Waals surface area (Å²) in [6, 6.07) is 12.0. The average molecular weight is 454 g/mol. The molecular weight excluding hydrogens is 445 g/mol. The molecule has 18 heavy (non-hydrogen) atoms. The van der Waals surface area contributed by atoms with E-state index in [4.69, 9.17) is 11.6 Å². The van der Waals surface area contributed by atoms with Gasteiger partial charge >= 0.3 is 0 Å². The van der Waals surface area contributed by atoms with Crippen molar-refractivity contribution in [2.75, 3.05) is 5.32 Å². The molecule has 0 fully saturated rings. The van der Waals surface area contributed by atoms with E-state index in [0.29, 0.717) is 5.02 Å². The van der Waals surface area contributed by atoms with Gasteiger partial charge in [0.1, 0.15) is 0 Å². The van der Waals surface area contributed by atoms with Crippen LogP contribution in [0.4, 0.5) is 5.69 Å². The molecule has 0 saturated heterocycles. The van der Waals surface area contributed by atoms with Crippen molar-refractivity contribution in [2.24, 2.45) is 0 Å². The molecule has 0 aliphatic rings. The first-order valence-electron chi connectivity index (χ1n) is 5.19. The molecule has 5 heteroatoms. The van der Waals surface area contributed by atoms with E-state index in [1.807, 2.05) is 24.3 Å². The summed E-state index contributed by atoms with van der Waals surface area (Å²) in [5.74, 6) is 0. The van der Waals surface area contributed by atoms with Gasteiger partial charge in [0, 0.05) is 25.7 Å². The van der Waals surface area contributed by atoms with Crippen LogP contribution in [0.25, 0.3) is 0 Å². The SMILES string of the molecule is Clc1cc(NCc2ccc(Br)c(Br)c2)ccc1Br. The van der Waals surface area contributed by atoms with Crippen LogP contribution < -0.4 is 5.32 Å². The molecule has 0 saturated carbocycles. The summed E-state index contributed by atoms with van der Waals surface area (Å²) in [5.41, 5.74) is 2.20. The molecule has 0 aliphatic heterocycles. The van der Waals surface area contributed by atoms with Crippen molar-refractivity contribution in [2.45, 2.75) is 6.54 Å². The van der Waals surface area contributed by atoms with Gasteiger partial charge in [0.2, 0.25) is 0 Å². The molecule has 0 atom stereocenters. The Hall–Kier alpha value is -0.0300. The van der Waals surface area contributed by atoms with Crippen molar-refractivity contribution in [3.63, 3.8) is 0 Å². The van der Waals surface area contributed by atoms with Crippen LogP contribution in [0.5, 0.6) is 0 Å². The predicted molar refractivity (Wildman–Crippen MR) is 88.3 cm³/mol. The molecule has 0 amide bonds. The van der Waals surface area contributed by atoms with Crippen LogP contribution >= 0.6 is 59.4 Å². The van der Waals surface area contributed by atoms with Gasteiger partial charge in [-0.1, -0.05) is 17.7 Å². The predicted octanol–water partition coefficient (Wildman–Crippen LogP) is 6.24. The van der Waals surface area contributed by atoms with E-state index in [1.165, 1.54) is 5.56 Å². The van der Waals surface area contributed by atoms with E-state index < -0.39 is 0 Å². The highest BCUT2D eigenvalue weighted by atomic mass is 79.9. The average Bonchev–Trinajstić information content (AvgIpc) is 2.35. The summed E-state index contributed by atoms with van der Waals surface area (Å²) < 4.78 is 3.01. The number of nitrogens with one attached hydrogen (secondary N) is 1. The van der Waals surface area contributed by atoms with E-state index in [1.54, 1.807) is 0 Å². The van der Waals surface area contributed by atoms with Gasteiger partial charge in [-0.2, -0.15) is 0 Å². The first-order valence-corrected chi connectivity index (χ1v) is 7.95. The largest absolute Gasteiger partial charge is 0.381 e. The first kappa shape index (κ1) is 14.4. The van der Waals surface area contributed by atoms with E-state index in [-0.39, 0.29) is 0 Å². The highest BCUT2D eigenvalue weighted by Crippen LogP contribution is 2.27. The lowest BCUT2D eigenvalue weighted by atomic mass is 10.2. The summed E-state index contributed by atoms with van der Waals surface area (Å²) in [6.45, 7) is 0.754. The van der Waals surface area contributed by atoms with Gasteiger partial charge in [-0.3, -0.25) is 0 Å². The van der Waals surface area contributed by atoms with Gasteiger partial charge < -0.3 is 5.32 Å². The Bertz CT molecular complexity index is 521. The molecule has 0 heterocycles. The fourth-order valence-electron chi connectivity index (χ4n) is 1.46. The number of hydrogen-bond acceptors (Lipinski definition) is 1. The van der Waals surface area contributed by atoms with E-state index in [9.17, 15) is 0 Å². The van der Waals surface area contributed by atoms with Crippen molar-refractivity contribution in [3.8, 4) is 0 Å². The van der Waals surface area contributed by atoms with Crippen LogP contribution in [0.15, 0.2) is 49.8 Å². The Kier molecular flexibility index (Phi) is 5.13. The summed E-state index contributed by atoms with van der Waals surface area (Å²) >= 11 is 16.4. The zero-order valence-electron chi connectivity index (χ0n) is 9.18. The smallest absolute Gasteiger partial charge is 0.0568 e. The van der Waals surface area contributed by atoms with Crippen molar-refractivity contribution >= 4 is 65.1 Å². The standard InChI is InChI=1S/C13H9Br3ClN/c14-10-3-1-8(5-12(10)16)7-18-9-2-4-11(15)13(17)6-9/h1-6,18H,7H2. The number of anilines is 1. The fourth-order valence-corrected chi connectivity index (χ4v) is 2.56. The minimum absolute atomic E-state index is 0.706. The molecule has 0 aromatic heterocycles. The molecule has 0 aliphatic carbocycles. The highest BCUT2D eigenvalue weighted by Gasteiger charge is 2.01. The van der Waals surface area contributed by atoms with Crippen LogP contribution in [0, 0.1) is 0 Å². The Morgan fingerprint density at radius 3 is 2.28 bits per heavy atom. The molecule has 2 rings (SSSR count). The summed E-state index contributed by atoms with van der Waals surface area (Å²) in [6.07, 6.45) is 0. The molecule has 0 bridgehead atoms. The van der Waals surface area contributed by atoms with Crippen LogP contribution in [-0.4, -0.2) is 0 Å². The van der Waals surface area contributed by atoms with Crippen LogP contribution in [0.3, 0.4) is 0 Å². The number of hydrogen-bond donors (Lipinski definition) is 1. The first-order chi connectivity index (χ1) is 8.56.